The van der Waals surface area contributed by atoms with Gasteiger partial charge in [0.1, 0.15) is 6.33 Å². The Hall–Kier alpha value is -1.68. The second-order valence-corrected chi connectivity index (χ2v) is 5.39. The Morgan fingerprint density at radius 2 is 2.17 bits per heavy atom. The van der Waals surface area contributed by atoms with Crippen molar-refractivity contribution in [1.82, 2.24) is 25.4 Å². The SMILES string of the molecule is CN=C(NCc1nncn1-c1ccccc1)NCC1CCCO1.I. The normalized spacial score (nSPS) is 17.4. The molecule has 0 bridgehead atoms. The molecular weight excluding hydrogens is 419 g/mol. The summed E-state index contributed by atoms with van der Waals surface area (Å²) in [4.78, 5) is 4.23. The van der Waals surface area contributed by atoms with E-state index in [1.807, 2.05) is 34.9 Å². The molecule has 1 saturated heterocycles. The van der Waals surface area contributed by atoms with Crippen LogP contribution < -0.4 is 10.6 Å². The minimum absolute atomic E-state index is 0. The molecule has 0 amide bonds. The zero-order valence-electron chi connectivity index (χ0n) is 13.7. The van der Waals surface area contributed by atoms with Crippen LogP contribution in [0.3, 0.4) is 0 Å². The number of para-hydroxylation sites is 1. The van der Waals surface area contributed by atoms with Crippen molar-refractivity contribution in [2.45, 2.75) is 25.5 Å². The maximum atomic E-state index is 5.60. The number of benzene rings is 1. The third kappa shape index (κ3) is 4.91. The van der Waals surface area contributed by atoms with Gasteiger partial charge in [0.25, 0.3) is 0 Å². The summed E-state index contributed by atoms with van der Waals surface area (Å²) < 4.78 is 7.56. The Bertz CT molecular complexity index is 639. The van der Waals surface area contributed by atoms with Crippen LogP contribution in [-0.4, -0.2) is 47.0 Å². The lowest BCUT2D eigenvalue weighted by atomic mass is 10.2. The summed E-state index contributed by atoms with van der Waals surface area (Å²) in [5, 5.41) is 14.7. The number of nitrogens with one attached hydrogen (secondary N) is 2. The highest BCUT2D eigenvalue weighted by atomic mass is 127. The van der Waals surface area contributed by atoms with Gasteiger partial charge < -0.3 is 15.4 Å². The van der Waals surface area contributed by atoms with Gasteiger partial charge in [-0.25, -0.2) is 0 Å². The van der Waals surface area contributed by atoms with E-state index in [0.717, 1.165) is 43.5 Å². The molecule has 0 radical (unpaired) electrons. The van der Waals surface area contributed by atoms with Crippen LogP contribution in [-0.2, 0) is 11.3 Å². The van der Waals surface area contributed by atoms with E-state index in [2.05, 4.69) is 25.8 Å². The molecule has 1 aromatic carbocycles. The molecule has 3 rings (SSSR count). The summed E-state index contributed by atoms with van der Waals surface area (Å²) in [5.41, 5.74) is 1.04. The quantitative estimate of drug-likeness (QED) is 0.419. The van der Waals surface area contributed by atoms with Crippen LogP contribution in [0.4, 0.5) is 0 Å². The number of nitrogens with zero attached hydrogens (tertiary/aromatic N) is 4. The lowest BCUT2D eigenvalue weighted by Crippen LogP contribution is -2.41. The summed E-state index contributed by atoms with van der Waals surface area (Å²) in [7, 11) is 1.76. The van der Waals surface area contributed by atoms with E-state index in [0.29, 0.717) is 6.54 Å². The number of guanidine groups is 1. The number of rotatable bonds is 5. The van der Waals surface area contributed by atoms with Gasteiger partial charge in [-0.2, -0.15) is 0 Å². The van der Waals surface area contributed by atoms with Crippen LogP contribution >= 0.6 is 24.0 Å². The van der Waals surface area contributed by atoms with Gasteiger partial charge in [-0.1, -0.05) is 18.2 Å². The van der Waals surface area contributed by atoms with Crippen LogP contribution in [0, 0.1) is 0 Å². The molecule has 24 heavy (non-hydrogen) atoms. The summed E-state index contributed by atoms with van der Waals surface area (Å²) in [6.45, 7) is 2.17. The van der Waals surface area contributed by atoms with Crippen molar-refractivity contribution >= 4 is 29.9 Å². The number of hydrogen-bond acceptors (Lipinski definition) is 4. The van der Waals surface area contributed by atoms with Crippen LogP contribution in [0.15, 0.2) is 41.7 Å². The van der Waals surface area contributed by atoms with E-state index in [-0.39, 0.29) is 30.1 Å². The van der Waals surface area contributed by atoms with Crippen LogP contribution in [0.1, 0.15) is 18.7 Å². The van der Waals surface area contributed by atoms with Gasteiger partial charge in [-0.15, -0.1) is 34.2 Å². The molecular formula is C16H23IN6O. The number of ether oxygens (including phenoxy) is 1. The van der Waals surface area contributed by atoms with Crippen LogP contribution in [0.5, 0.6) is 0 Å². The average molecular weight is 442 g/mol. The minimum Gasteiger partial charge on any atom is -0.376 e. The molecule has 8 heteroatoms. The molecule has 0 saturated carbocycles. The standard InChI is InChI=1S/C16H22N6O.HI/c1-17-16(18-10-14-8-5-9-23-14)19-11-15-21-20-12-22(15)13-6-3-2-4-7-13;/h2-4,6-7,12,14H,5,8-11H2,1H3,(H2,17,18,19);1H. The Morgan fingerprint density at radius 3 is 2.88 bits per heavy atom. The highest BCUT2D eigenvalue weighted by Gasteiger charge is 2.15. The van der Waals surface area contributed by atoms with Gasteiger partial charge in [0, 0.05) is 25.9 Å². The summed E-state index contributed by atoms with van der Waals surface area (Å²) >= 11 is 0. The number of aliphatic imine (C=N–C) groups is 1. The Labute approximate surface area is 158 Å². The van der Waals surface area contributed by atoms with E-state index in [9.17, 15) is 0 Å². The zero-order chi connectivity index (χ0) is 15.9. The summed E-state index contributed by atoms with van der Waals surface area (Å²) in [6, 6.07) is 10.0. The number of halogens is 1. The summed E-state index contributed by atoms with van der Waals surface area (Å²) in [5.74, 6) is 1.57. The molecule has 0 spiro atoms. The first kappa shape index (κ1) is 18.7. The fourth-order valence-corrected chi connectivity index (χ4v) is 2.58. The topological polar surface area (TPSA) is 76.4 Å². The molecule has 1 aliphatic heterocycles. The fourth-order valence-electron chi connectivity index (χ4n) is 2.58. The van der Waals surface area contributed by atoms with E-state index < -0.39 is 0 Å². The monoisotopic (exact) mass is 442 g/mol. The molecule has 2 N–H and O–H groups in total. The molecule has 1 fully saturated rings. The van der Waals surface area contributed by atoms with Gasteiger partial charge in [-0.05, 0) is 25.0 Å². The van der Waals surface area contributed by atoms with E-state index >= 15 is 0 Å². The molecule has 2 heterocycles. The van der Waals surface area contributed by atoms with Crippen LogP contribution in [0.2, 0.25) is 0 Å². The smallest absolute Gasteiger partial charge is 0.191 e. The average Bonchev–Trinajstić information content (AvgIpc) is 3.27. The molecule has 130 valence electrons. The maximum Gasteiger partial charge on any atom is 0.191 e. The maximum absolute atomic E-state index is 5.60. The van der Waals surface area contributed by atoms with Crippen molar-refractivity contribution < 1.29 is 4.74 Å². The Morgan fingerprint density at radius 1 is 1.33 bits per heavy atom. The van der Waals surface area contributed by atoms with Crippen molar-refractivity contribution in [1.29, 1.82) is 0 Å². The zero-order valence-corrected chi connectivity index (χ0v) is 16.0. The van der Waals surface area contributed by atoms with Crippen molar-refractivity contribution in [2.24, 2.45) is 4.99 Å². The van der Waals surface area contributed by atoms with Crippen molar-refractivity contribution in [3.63, 3.8) is 0 Å². The van der Waals surface area contributed by atoms with Gasteiger partial charge in [0.05, 0.1) is 12.6 Å². The molecule has 1 unspecified atom stereocenters. The minimum atomic E-state index is 0. The Kier molecular flexibility index (Phi) is 7.44. The molecule has 0 aliphatic carbocycles. The summed E-state index contributed by atoms with van der Waals surface area (Å²) in [6.07, 6.45) is 4.24. The lowest BCUT2D eigenvalue weighted by Gasteiger charge is -2.15. The Balaban J connectivity index is 0.00000208. The fraction of sp³-hybridized carbons (Fsp3) is 0.438. The first-order valence-corrected chi connectivity index (χ1v) is 7.87. The highest BCUT2D eigenvalue weighted by molar-refractivity contribution is 14.0. The molecule has 1 atom stereocenters. The lowest BCUT2D eigenvalue weighted by molar-refractivity contribution is 0.114. The molecule has 7 nitrogen and oxygen atoms in total. The van der Waals surface area contributed by atoms with E-state index in [1.165, 1.54) is 0 Å². The third-order valence-corrected chi connectivity index (χ3v) is 3.81. The molecule has 2 aromatic rings. The van der Waals surface area contributed by atoms with Crippen molar-refractivity contribution in [3.05, 3.63) is 42.5 Å². The molecule has 1 aliphatic rings. The second kappa shape index (κ2) is 9.58. The number of hydrogen-bond donors (Lipinski definition) is 2. The van der Waals surface area contributed by atoms with Gasteiger partial charge in [0.15, 0.2) is 11.8 Å². The first-order chi connectivity index (χ1) is 11.4. The first-order valence-electron chi connectivity index (χ1n) is 7.87. The third-order valence-electron chi connectivity index (χ3n) is 3.81. The van der Waals surface area contributed by atoms with E-state index in [1.54, 1.807) is 13.4 Å². The largest absolute Gasteiger partial charge is 0.376 e. The number of aromatic nitrogens is 3. The highest BCUT2D eigenvalue weighted by Crippen LogP contribution is 2.10. The van der Waals surface area contributed by atoms with Gasteiger partial charge >= 0.3 is 0 Å². The second-order valence-electron chi connectivity index (χ2n) is 5.39. The van der Waals surface area contributed by atoms with Gasteiger partial charge in [0.2, 0.25) is 0 Å². The predicted octanol–water partition coefficient (Wildman–Crippen LogP) is 1.73. The predicted molar refractivity (Wildman–Crippen MR) is 104 cm³/mol. The van der Waals surface area contributed by atoms with Crippen molar-refractivity contribution in [3.8, 4) is 5.69 Å². The van der Waals surface area contributed by atoms with Gasteiger partial charge in [-0.3, -0.25) is 9.56 Å². The molecule has 1 aromatic heterocycles. The van der Waals surface area contributed by atoms with Crippen LogP contribution in [0.25, 0.3) is 5.69 Å². The van der Waals surface area contributed by atoms with Crippen molar-refractivity contribution in [2.75, 3.05) is 20.2 Å². The van der Waals surface area contributed by atoms with E-state index in [4.69, 9.17) is 4.74 Å².